The van der Waals surface area contributed by atoms with E-state index >= 15 is 0 Å². The molecular weight excluding hydrogens is 310 g/mol. The van der Waals surface area contributed by atoms with Crippen molar-refractivity contribution >= 4 is 12.0 Å². The molecule has 24 heavy (non-hydrogen) atoms. The maximum atomic E-state index is 11.7. The standard InChI is InChI=1S/C17H19N3O4/c1-24-15-4-2-12(3-5-15)6-8-19-17(23)20-11-14-10-13(16(21)22)7-9-18-14/h2-5,7,9-10H,6,8,11H2,1H3,(H,21,22)(H2,19,20,23). The maximum absolute atomic E-state index is 11.7. The molecule has 0 unspecified atom stereocenters. The quantitative estimate of drug-likeness (QED) is 0.719. The zero-order valence-corrected chi connectivity index (χ0v) is 13.3. The Morgan fingerprint density at radius 2 is 1.92 bits per heavy atom. The van der Waals surface area contributed by atoms with Crippen LogP contribution in [0.4, 0.5) is 4.79 Å². The van der Waals surface area contributed by atoms with Gasteiger partial charge in [-0.3, -0.25) is 4.98 Å². The van der Waals surface area contributed by atoms with Crippen LogP contribution in [0.3, 0.4) is 0 Å². The minimum Gasteiger partial charge on any atom is -0.497 e. The summed E-state index contributed by atoms with van der Waals surface area (Å²) in [6, 6.07) is 10.1. The highest BCUT2D eigenvalue weighted by Gasteiger charge is 2.06. The van der Waals surface area contributed by atoms with Gasteiger partial charge in [0.15, 0.2) is 0 Å². The van der Waals surface area contributed by atoms with Gasteiger partial charge in [0.05, 0.1) is 24.9 Å². The molecule has 0 atom stereocenters. The zero-order valence-electron chi connectivity index (χ0n) is 13.3. The topological polar surface area (TPSA) is 101 Å². The van der Waals surface area contributed by atoms with Crippen LogP contribution in [-0.4, -0.2) is 35.7 Å². The van der Waals surface area contributed by atoms with Gasteiger partial charge < -0.3 is 20.5 Å². The van der Waals surface area contributed by atoms with E-state index in [2.05, 4.69) is 15.6 Å². The van der Waals surface area contributed by atoms with Gasteiger partial charge >= 0.3 is 12.0 Å². The van der Waals surface area contributed by atoms with Crippen LogP contribution in [0.15, 0.2) is 42.6 Å². The molecule has 0 fully saturated rings. The van der Waals surface area contributed by atoms with Gasteiger partial charge in [0.2, 0.25) is 0 Å². The fourth-order valence-electron chi connectivity index (χ4n) is 2.05. The molecule has 0 saturated carbocycles. The zero-order chi connectivity index (χ0) is 17.4. The molecule has 0 radical (unpaired) electrons. The number of methoxy groups -OCH3 is 1. The smallest absolute Gasteiger partial charge is 0.335 e. The molecule has 0 aliphatic carbocycles. The molecule has 2 rings (SSSR count). The largest absolute Gasteiger partial charge is 0.497 e. The average Bonchev–Trinajstić information content (AvgIpc) is 2.61. The van der Waals surface area contributed by atoms with Crippen LogP contribution < -0.4 is 15.4 Å². The number of nitrogens with one attached hydrogen (secondary N) is 2. The first-order valence-corrected chi connectivity index (χ1v) is 7.41. The van der Waals surface area contributed by atoms with Crippen LogP contribution in [0, 0.1) is 0 Å². The molecule has 0 bridgehead atoms. The number of rotatable bonds is 7. The minimum absolute atomic E-state index is 0.140. The van der Waals surface area contributed by atoms with E-state index in [-0.39, 0.29) is 18.1 Å². The number of ether oxygens (including phenoxy) is 1. The first-order chi connectivity index (χ1) is 11.6. The lowest BCUT2D eigenvalue weighted by Crippen LogP contribution is -2.36. The van der Waals surface area contributed by atoms with Crippen LogP contribution in [-0.2, 0) is 13.0 Å². The first-order valence-electron chi connectivity index (χ1n) is 7.41. The van der Waals surface area contributed by atoms with Crippen molar-refractivity contribution in [2.24, 2.45) is 0 Å². The number of amides is 2. The maximum Gasteiger partial charge on any atom is 0.335 e. The van der Waals surface area contributed by atoms with Gasteiger partial charge in [0.1, 0.15) is 5.75 Å². The number of aromatic carboxylic acids is 1. The van der Waals surface area contributed by atoms with Crippen molar-refractivity contribution in [2.45, 2.75) is 13.0 Å². The molecule has 7 heteroatoms. The van der Waals surface area contributed by atoms with E-state index in [1.165, 1.54) is 18.3 Å². The Hall–Kier alpha value is -3.09. The average molecular weight is 329 g/mol. The summed E-state index contributed by atoms with van der Waals surface area (Å²) in [5.74, 6) is -0.233. The SMILES string of the molecule is COc1ccc(CCNC(=O)NCc2cc(C(=O)O)ccn2)cc1. The minimum atomic E-state index is -1.03. The van der Waals surface area contributed by atoms with Crippen molar-refractivity contribution in [2.75, 3.05) is 13.7 Å². The van der Waals surface area contributed by atoms with Crippen LogP contribution in [0.2, 0.25) is 0 Å². The molecule has 0 aliphatic rings. The van der Waals surface area contributed by atoms with E-state index in [1.54, 1.807) is 7.11 Å². The number of carboxylic acid groups (broad SMARTS) is 1. The fraction of sp³-hybridized carbons (Fsp3) is 0.235. The number of carbonyl (C=O) groups excluding carboxylic acids is 1. The summed E-state index contributed by atoms with van der Waals surface area (Å²) in [5, 5.41) is 14.3. The third-order valence-corrected chi connectivity index (χ3v) is 3.35. The number of carbonyl (C=O) groups is 2. The van der Waals surface area contributed by atoms with Crippen LogP contribution in [0.5, 0.6) is 5.75 Å². The Balaban J connectivity index is 1.73. The second-order valence-corrected chi connectivity index (χ2v) is 5.05. The number of hydrogen-bond acceptors (Lipinski definition) is 4. The van der Waals surface area contributed by atoms with Crippen molar-refractivity contribution in [3.8, 4) is 5.75 Å². The van der Waals surface area contributed by atoms with Gasteiger partial charge in [-0.15, -0.1) is 0 Å². The normalized spacial score (nSPS) is 10.0. The van der Waals surface area contributed by atoms with Gasteiger partial charge in [-0.05, 0) is 36.2 Å². The van der Waals surface area contributed by atoms with Crippen molar-refractivity contribution < 1.29 is 19.4 Å². The number of pyridine rings is 1. The van der Waals surface area contributed by atoms with Gasteiger partial charge in [-0.25, -0.2) is 9.59 Å². The fourth-order valence-corrected chi connectivity index (χ4v) is 2.05. The van der Waals surface area contributed by atoms with Crippen molar-refractivity contribution in [1.29, 1.82) is 0 Å². The number of carboxylic acids is 1. The lowest BCUT2D eigenvalue weighted by Gasteiger charge is -2.08. The first kappa shape index (κ1) is 17.3. The Morgan fingerprint density at radius 3 is 2.58 bits per heavy atom. The van der Waals surface area contributed by atoms with Gasteiger partial charge in [-0.1, -0.05) is 12.1 Å². The highest BCUT2D eigenvalue weighted by atomic mass is 16.5. The highest BCUT2D eigenvalue weighted by Crippen LogP contribution is 2.11. The lowest BCUT2D eigenvalue weighted by atomic mass is 10.1. The second kappa shape index (κ2) is 8.52. The number of aromatic nitrogens is 1. The molecular formula is C17H19N3O4. The number of hydrogen-bond donors (Lipinski definition) is 3. The molecule has 1 aromatic heterocycles. The van der Waals surface area contributed by atoms with E-state index in [0.717, 1.165) is 11.3 Å². The van der Waals surface area contributed by atoms with Crippen molar-refractivity contribution in [3.05, 3.63) is 59.4 Å². The molecule has 1 aromatic carbocycles. The molecule has 3 N–H and O–H groups in total. The third kappa shape index (κ3) is 5.28. The Kier molecular flexibility index (Phi) is 6.13. The van der Waals surface area contributed by atoms with Crippen molar-refractivity contribution in [3.63, 3.8) is 0 Å². The Labute approximate surface area is 139 Å². The third-order valence-electron chi connectivity index (χ3n) is 3.35. The van der Waals surface area contributed by atoms with E-state index in [9.17, 15) is 9.59 Å². The highest BCUT2D eigenvalue weighted by molar-refractivity contribution is 5.87. The second-order valence-electron chi connectivity index (χ2n) is 5.05. The molecule has 2 amide bonds. The van der Waals surface area contributed by atoms with E-state index in [1.807, 2.05) is 24.3 Å². The lowest BCUT2D eigenvalue weighted by molar-refractivity contribution is 0.0696. The summed E-state index contributed by atoms with van der Waals surface area (Å²) in [5.41, 5.74) is 1.72. The Morgan fingerprint density at radius 1 is 1.17 bits per heavy atom. The number of urea groups is 1. The monoisotopic (exact) mass is 329 g/mol. The van der Waals surface area contributed by atoms with E-state index < -0.39 is 5.97 Å². The van der Waals surface area contributed by atoms with E-state index in [0.29, 0.717) is 18.7 Å². The predicted octanol–water partition coefficient (Wildman–Crippen LogP) is 1.83. The number of benzene rings is 1. The summed E-state index contributed by atoms with van der Waals surface area (Å²) in [6.07, 6.45) is 2.10. The summed E-state index contributed by atoms with van der Waals surface area (Å²) in [7, 11) is 1.61. The Bertz CT molecular complexity index is 701. The summed E-state index contributed by atoms with van der Waals surface area (Å²) in [6.45, 7) is 0.649. The van der Waals surface area contributed by atoms with Gasteiger partial charge in [0, 0.05) is 12.7 Å². The van der Waals surface area contributed by atoms with Gasteiger partial charge in [0.25, 0.3) is 0 Å². The van der Waals surface area contributed by atoms with Crippen molar-refractivity contribution in [1.82, 2.24) is 15.6 Å². The number of nitrogens with zero attached hydrogens (tertiary/aromatic N) is 1. The summed E-state index contributed by atoms with van der Waals surface area (Å²) >= 11 is 0. The molecule has 7 nitrogen and oxygen atoms in total. The molecule has 0 saturated heterocycles. The molecule has 1 heterocycles. The predicted molar refractivity (Wildman–Crippen MR) is 88.1 cm³/mol. The van der Waals surface area contributed by atoms with Gasteiger partial charge in [-0.2, -0.15) is 0 Å². The molecule has 0 spiro atoms. The summed E-state index contributed by atoms with van der Waals surface area (Å²) in [4.78, 5) is 26.6. The summed E-state index contributed by atoms with van der Waals surface area (Å²) < 4.78 is 5.09. The van der Waals surface area contributed by atoms with Crippen LogP contribution in [0.25, 0.3) is 0 Å². The van der Waals surface area contributed by atoms with E-state index in [4.69, 9.17) is 9.84 Å². The molecule has 2 aromatic rings. The van der Waals surface area contributed by atoms with Crippen LogP contribution >= 0.6 is 0 Å². The molecule has 126 valence electrons. The van der Waals surface area contributed by atoms with Crippen LogP contribution in [0.1, 0.15) is 21.6 Å². The molecule has 0 aliphatic heterocycles.